The van der Waals surface area contributed by atoms with E-state index in [2.05, 4.69) is 17.2 Å². The fraction of sp³-hybridized carbons (Fsp3) is 0.238. The van der Waals surface area contributed by atoms with E-state index in [0.717, 1.165) is 28.9 Å². The van der Waals surface area contributed by atoms with E-state index in [1.807, 2.05) is 48.3 Å². The zero-order valence-electron chi connectivity index (χ0n) is 15.4. The topological polar surface area (TPSA) is 58.4 Å². The summed E-state index contributed by atoms with van der Waals surface area (Å²) in [5.41, 5.74) is 3.57. The van der Waals surface area contributed by atoms with Gasteiger partial charge in [-0.2, -0.15) is 0 Å². The summed E-state index contributed by atoms with van der Waals surface area (Å²) in [5, 5.41) is 3.61. The fourth-order valence-corrected chi connectivity index (χ4v) is 3.04. The number of hydrogen-bond acceptors (Lipinski definition) is 4. The number of nitrogens with one attached hydrogen (secondary N) is 1. The van der Waals surface area contributed by atoms with Crippen LogP contribution in [0.2, 0.25) is 5.02 Å². The van der Waals surface area contributed by atoms with E-state index in [1.54, 1.807) is 18.4 Å². The Morgan fingerprint density at radius 1 is 1.22 bits per heavy atom. The Labute approximate surface area is 164 Å². The lowest BCUT2D eigenvalue weighted by molar-refractivity contribution is -0.117. The average Bonchev–Trinajstić information content (AvgIpc) is 3.10. The number of hydrogen-bond donors (Lipinski definition) is 1. The normalized spacial score (nSPS) is 11.0. The Kier molecular flexibility index (Phi) is 6.27. The van der Waals surface area contributed by atoms with Gasteiger partial charge in [-0.3, -0.25) is 9.69 Å². The third-order valence-corrected chi connectivity index (χ3v) is 4.38. The van der Waals surface area contributed by atoms with Crippen LogP contribution in [0.5, 0.6) is 0 Å². The molecule has 1 N–H and O–H groups in total. The van der Waals surface area contributed by atoms with E-state index >= 15 is 0 Å². The summed E-state index contributed by atoms with van der Waals surface area (Å²) < 4.78 is 5.54. The molecular formula is C21H22ClN3O2. The maximum atomic E-state index is 12.3. The minimum atomic E-state index is -0.0584. The molecule has 27 heavy (non-hydrogen) atoms. The highest BCUT2D eigenvalue weighted by Gasteiger charge is 2.12. The summed E-state index contributed by atoms with van der Waals surface area (Å²) in [6.07, 6.45) is 2.48. The number of benzene rings is 2. The van der Waals surface area contributed by atoms with Crippen molar-refractivity contribution in [3.8, 4) is 11.5 Å². The van der Waals surface area contributed by atoms with Crippen LogP contribution in [0.15, 0.2) is 59.2 Å². The predicted molar refractivity (Wildman–Crippen MR) is 108 cm³/mol. The first kappa shape index (κ1) is 19.1. The molecule has 0 aliphatic heterocycles. The molecule has 0 saturated heterocycles. The van der Waals surface area contributed by atoms with Gasteiger partial charge in [0.05, 0.1) is 12.2 Å². The molecule has 0 aliphatic rings. The van der Waals surface area contributed by atoms with Crippen molar-refractivity contribution in [2.75, 3.05) is 18.9 Å². The van der Waals surface area contributed by atoms with Crippen LogP contribution < -0.4 is 5.32 Å². The number of carbonyl (C=O) groups is 1. The van der Waals surface area contributed by atoms with Crippen LogP contribution >= 0.6 is 11.6 Å². The standard InChI is InChI=1S/C21H22ClN3O2/c1-3-15-7-4-5-10-19(15)24-20(26)13-25(2)12-18-14-27-21(23-18)16-8-6-9-17(22)11-16/h4-11,14H,3,12-13H2,1-2H3,(H,24,26). The molecule has 0 bridgehead atoms. The van der Waals surface area contributed by atoms with Crippen LogP contribution in [-0.4, -0.2) is 29.4 Å². The zero-order chi connectivity index (χ0) is 19.2. The minimum Gasteiger partial charge on any atom is -0.444 e. The number of likely N-dealkylation sites (N-methyl/N-ethyl adjacent to an activating group) is 1. The summed E-state index contributed by atoms with van der Waals surface area (Å²) in [7, 11) is 1.87. The van der Waals surface area contributed by atoms with Crippen LogP contribution in [0.25, 0.3) is 11.5 Å². The van der Waals surface area contributed by atoms with E-state index in [0.29, 0.717) is 17.5 Å². The zero-order valence-corrected chi connectivity index (χ0v) is 16.2. The van der Waals surface area contributed by atoms with Crippen molar-refractivity contribution in [1.82, 2.24) is 9.88 Å². The van der Waals surface area contributed by atoms with Gasteiger partial charge < -0.3 is 9.73 Å². The van der Waals surface area contributed by atoms with Gasteiger partial charge in [-0.25, -0.2) is 4.98 Å². The number of anilines is 1. The summed E-state index contributed by atoms with van der Waals surface area (Å²) in [4.78, 5) is 18.7. The van der Waals surface area contributed by atoms with Gasteiger partial charge in [-0.1, -0.05) is 42.8 Å². The summed E-state index contributed by atoms with van der Waals surface area (Å²) in [6.45, 7) is 2.84. The Bertz CT molecular complexity index is 923. The minimum absolute atomic E-state index is 0.0584. The molecule has 0 unspecified atom stereocenters. The predicted octanol–water partition coefficient (Wildman–Crippen LogP) is 4.63. The van der Waals surface area contributed by atoms with Crippen LogP contribution in [0.3, 0.4) is 0 Å². The van der Waals surface area contributed by atoms with Gasteiger partial charge in [0.1, 0.15) is 6.26 Å². The van der Waals surface area contributed by atoms with E-state index in [9.17, 15) is 4.79 Å². The van der Waals surface area contributed by atoms with Gasteiger partial charge in [0.2, 0.25) is 11.8 Å². The summed E-state index contributed by atoms with van der Waals surface area (Å²) >= 11 is 6.01. The van der Waals surface area contributed by atoms with E-state index < -0.39 is 0 Å². The first-order valence-electron chi connectivity index (χ1n) is 8.81. The third kappa shape index (κ3) is 5.18. The van der Waals surface area contributed by atoms with E-state index in [-0.39, 0.29) is 12.5 Å². The van der Waals surface area contributed by atoms with E-state index in [1.165, 1.54) is 0 Å². The SMILES string of the molecule is CCc1ccccc1NC(=O)CN(C)Cc1coc(-c2cccc(Cl)c2)n1. The molecule has 5 nitrogen and oxygen atoms in total. The second kappa shape index (κ2) is 8.84. The molecule has 1 heterocycles. The Morgan fingerprint density at radius 2 is 2.04 bits per heavy atom. The third-order valence-electron chi connectivity index (χ3n) is 4.14. The Hall–Kier alpha value is -2.63. The number of oxazole rings is 1. The van der Waals surface area contributed by atoms with Gasteiger partial charge in [0, 0.05) is 22.8 Å². The van der Waals surface area contributed by atoms with Crippen LogP contribution in [-0.2, 0) is 17.8 Å². The monoisotopic (exact) mass is 383 g/mol. The molecule has 140 valence electrons. The van der Waals surface area contributed by atoms with Crippen molar-refractivity contribution in [1.29, 1.82) is 0 Å². The second-order valence-corrected chi connectivity index (χ2v) is 6.82. The maximum Gasteiger partial charge on any atom is 0.238 e. The molecule has 0 aliphatic carbocycles. The fourth-order valence-electron chi connectivity index (χ4n) is 2.85. The number of para-hydroxylation sites is 1. The van der Waals surface area contributed by atoms with Crippen LogP contribution in [0, 0.1) is 0 Å². The lowest BCUT2D eigenvalue weighted by atomic mass is 10.1. The highest BCUT2D eigenvalue weighted by atomic mass is 35.5. The first-order chi connectivity index (χ1) is 13.0. The number of rotatable bonds is 7. The number of aryl methyl sites for hydroxylation is 1. The largest absolute Gasteiger partial charge is 0.444 e. The molecule has 0 fully saturated rings. The number of aromatic nitrogens is 1. The molecule has 0 saturated carbocycles. The average molecular weight is 384 g/mol. The maximum absolute atomic E-state index is 12.3. The molecule has 2 aromatic carbocycles. The molecule has 3 rings (SSSR count). The second-order valence-electron chi connectivity index (χ2n) is 6.39. The molecule has 1 aromatic heterocycles. The molecule has 0 radical (unpaired) electrons. The first-order valence-corrected chi connectivity index (χ1v) is 9.19. The molecule has 1 amide bonds. The smallest absolute Gasteiger partial charge is 0.238 e. The molecule has 0 spiro atoms. The Morgan fingerprint density at radius 3 is 2.81 bits per heavy atom. The molecular weight excluding hydrogens is 362 g/mol. The number of nitrogens with zero attached hydrogens (tertiary/aromatic N) is 2. The quantitative estimate of drug-likeness (QED) is 0.646. The van der Waals surface area contributed by atoms with Crippen molar-refractivity contribution < 1.29 is 9.21 Å². The number of halogens is 1. The lowest BCUT2D eigenvalue weighted by Gasteiger charge is -2.15. The van der Waals surface area contributed by atoms with Crippen molar-refractivity contribution in [2.24, 2.45) is 0 Å². The van der Waals surface area contributed by atoms with Crippen molar-refractivity contribution in [3.63, 3.8) is 0 Å². The van der Waals surface area contributed by atoms with Crippen molar-refractivity contribution >= 4 is 23.2 Å². The van der Waals surface area contributed by atoms with Crippen molar-refractivity contribution in [3.05, 3.63) is 71.1 Å². The van der Waals surface area contributed by atoms with Crippen molar-refractivity contribution in [2.45, 2.75) is 19.9 Å². The molecule has 0 atom stereocenters. The summed E-state index contributed by atoms with van der Waals surface area (Å²) in [5.74, 6) is 0.458. The summed E-state index contributed by atoms with van der Waals surface area (Å²) in [6, 6.07) is 15.2. The lowest BCUT2D eigenvalue weighted by Crippen LogP contribution is -2.30. The number of amides is 1. The highest BCUT2D eigenvalue weighted by Crippen LogP contribution is 2.22. The molecule has 3 aromatic rings. The van der Waals surface area contributed by atoms with Gasteiger partial charge in [-0.15, -0.1) is 0 Å². The number of carbonyl (C=O) groups excluding carboxylic acids is 1. The van der Waals surface area contributed by atoms with E-state index in [4.69, 9.17) is 16.0 Å². The van der Waals surface area contributed by atoms with Gasteiger partial charge in [0.25, 0.3) is 0 Å². The molecule has 6 heteroatoms. The van der Waals surface area contributed by atoms with Gasteiger partial charge in [-0.05, 0) is 43.3 Å². The van der Waals surface area contributed by atoms with Crippen LogP contribution in [0.4, 0.5) is 5.69 Å². The van der Waals surface area contributed by atoms with Gasteiger partial charge in [0.15, 0.2) is 0 Å². The van der Waals surface area contributed by atoms with Crippen LogP contribution in [0.1, 0.15) is 18.2 Å². The highest BCUT2D eigenvalue weighted by molar-refractivity contribution is 6.30. The Balaban J connectivity index is 1.58. The van der Waals surface area contributed by atoms with Gasteiger partial charge >= 0.3 is 0 Å².